The van der Waals surface area contributed by atoms with Crippen LogP contribution in [0.1, 0.15) is 18.4 Å². The van der Waals surface area contributed by atoms with E-state index >= 15 is 0 Å². The summed E-state index contributed by atoms with van der Waals surface area (Å²) in [6, 6.07) is 0. The quantitative estimate of drug-likeness (QED) is 0.885. The van der Waals surface area contributed by atoms with E-state index in [0.29, 0.717) is 26.1 Å². The average Bonchev–Trinajstić information content (AvgIpc) is 2.93. The van der Waals surface area contributed by atoms with E-state index in [1.54, 1.807) is 29.2 Å². The van der Waals surface area contributed by atoms with E-state index in [0.717, 1.165) is 5.56 Å². The van der Waals surface area contributed by atoms with Crippen molar-refractivity contribution in [3.05, 3.63) is 18.0 Å². The van der Waals surface area contributed by atoms with E-state index in [1.165, 1.54) is 0 Å². The normalized spacial score (nSPS) is 30.4. The molecule has 1 aromatic rings. The van der Waals surface area contributed by atoms with Crippen LogP contribution in [0, 0.1) is 5.41 Å². The van der Waals surface area contributed by atoms with Crippen LogP contribution in [-0.4, -0.2) is 58.5 Å². The van der Waals surface area contributed by atoms with Crippen molar-refractivity contribution < 1.29 is 13.6 Å². The Hall–Kier alpha value is -1.50. The molecule has 5 nitrogen and oxygen atoms in total. The number of likely N-dealkylation sites (tertiary alicyclic amines) is 2. The van der Waals surface area contributed by atoms with E-state index in [1.807, 2.05) is 0 Å². The molecule has 2 saturated heterocycles. The molecule has 20 heavy (non-hydrogen) atoms. The van der Waals surface area contributed by atoms with Gasteiger partial charge in [0.1, 0.15) is 0 Å². The molecular formula is C13H18F2N4O. The standard InChI is InChI=1S/C13H18F2N4O/c1-18-3-2-12(11(18)20)7-13(14,15)9-19(8-12)6-10-4-16-17-5-10/h4-5H,2-3,6-9H2,1H3,(H,16,17)/t12-/m0/s1. The lowest BCUT2D eigenvalue weighted by Gasteiger charge is -2.42. The van der Waals surface area contributed by atoms with Crippen molar-refractivity contribution in [1.82, 2.24) is 20.0 Å². The largest absolute Gasteiger partial charge is 0.345 e. The Bertz CT molecular complexity index is 504. The molecule has 1 spiro atoms. The number of carbonyl (C=O) groups excluding carboxylic acids is 1. The lowest BCUT2D eigenvalue weighted by atomic mass is 9.77. The minimum atomic E-state index is -2.82. The average molecular weight is 284 g/mol. The number of rotatable bonds is 2. The van der Waals surface area contributed by atoms with Gasteiger partial charge in [-0.1, -0.05) is 0 Å². The van der Waals surface area contributed by atoms with Gasteiger partial charge < -0.3 is 4.90 Å². The number of hydrogen-bond acceptors (Lipinski definition) is 3. The highest BCUT2D eigenvalue weighted by molar-refractivity contribution is 5.85. The van der Waals surface area contributed by atoms with Gasteiger partial charge in [0.15, 0.2) is 0 Å². The van der Waals surface area contributed by atoms with Gasteiger partial charge in [0.25, 0.3) is 5.92 Å². The maximum Gasteiger partial charge on any atom is 0.261 e. The summed E-state index contributed by atoms with van der Waals surface area (Å²) < 4.78 is 28.1. The van der Waals surface area contributed by atoms with Gasteiger partial charge in [-0.15, -0.1) is 0 Å². The fourth-order valence-corrected chi connectivity index (χ4v) is 3.46. The smallest absolute Gasteiger partial charge is 0.261 e. The lowest BCUT2D eigenvalue weighted by Crippen LogP contribution is -2.54. The first-order valence-electron chi connectivity index (χ1n) is 6.74. The van der Waals surface area contributed by atoms with Crippen LogP contribution in [0.5, 0.6) is 0 Å². The summed E-state index contributed by atoms with van der Waals surface area (Å²) in [6.07, 6.45) is 3.51. The molecule has 2 fully saturated rings. The Morgan fingerprint density at radius 2 is 2.25 bits per heavy atom. The van der Waals surface area contributed by atoms with Crippen molar-refractivity contribution in [2.75, 3.05) is 26.7 Å². The van der Waals surface area contributed by atoms with E-state index in [4.69, 9.17) is 0 Å². The molecule has 0 radical (unpaired) electrons. The molecule has 7 heteroatoms. The van der Waals surface area contributed by atoms with Crippen molar-refractivity contribution >= 4 is 5.91 Å². The maximum absolute atomic E-state index is 14.0. The highest BCUT2D eigenvalue weighted by atomic mass is 19.3. The summed E-state index contributed by atoms with van der Waals surface area (Å²) >= 11 is 0. The van der Waals surface area contributed by atoms with Crippen molar-refractivity contribution in [2.45, 2.75) is 25.3 Å². The molecule has 1 aromatic heterocycles. The zero-order valence-electron chi connectivity index (χ0n) is 11.4. The van der Waals surface area contributed by atoms with E-state index in [-0.39, 0.29) is 18.9 Å². The lowest BCUT2D eigenvalue weighted by molar-refractivity contribution is -0.154. The minimum Gasteiger partial charge on any atom is -0.345 e. The van der Waals surface area contributed by atoms with Crippen LogP contribution < -0.4 is 0 Å². The van der Waals surface area contributed by atoms with Gasteiger partial charge in [0.2, 0.25) is 5.91 Å². The zero-order valence-corrected chi connectivity index (χ0v) is 11.4. The van der Waals surface area contributed by atoms with E-state index in [2.05, 4.69) is 10.2 Å². The summed E-state index contributed by atoms with van der Waals surface area (Å²) in [5.41, 5.74) is -0.0584. The van der Waals surface area contributed by atoms with Gasteiger partial charge in [-0.05, 0) is 6.42 Å². The first-order valence-corrected chi connectivity index (χ1v) is 6.74. The molecule has 0 aliphatic carbocycles. The van der Waals surface area contributed by atoms with Crippen LogP contribution in [0.2, 0.25) is 0 Å². The van der Waals surface area contributed by atoms with Gasteiger partial charge in [-0.3, -0.25) is 14.8 Å². The summed E-state index contributed by atoms with van der Waals surface area (Å²) in [7, 11) is 1.68. The van der Waals surface area contributed by atoms with Crippen molar-refractivity contribution in [1.29, 1.82) is 0 Å². The fraction of sp³-hybridized carbons (Fsp3) is 0.692. The first-order chi connectivity index (χ1) is 9.40. The topological polar surface area (TPSA) is 52.2 Å². The number of aromatic nitrogens is 2. The van der Waals surface area contributed by atoms with Crippen molar-refractivity contribution in [2.24, 2.45) is 5.41 Å². The molecule has 2 aliphatic rings. The maximum atomic E-state index is 14.0. The molecule has 3 heterocycles. The molecule has 3 rings (SSSR count). The van der Waals surface area contributed by atoms with Crippen LogP contribution in [-0.2, 0) is 11.3 Å². The third-order valence-electron chi connectivity index (χ3n) is 4.27. The molecule has 0 aromatic carbocycles. The second kappa shape index (κ2) is 4.51. The SMILES string of the molecule is CN1CC[C@]2(CN(Cc3cn[nH]c3)CC(F)(F)C2)C1=O. The number of nitrogens with zero attached hydrogens (tertiary/aromatic N) is 3. The number of hydrogen-bond donors (Lipinski definition) is 1. The molecule has 1 N–H and O–H groups in total. The number of aromatic amines is 1. The van der Waals surface area contributed by atoms with Crippen molar-refractivity contribution in [3.8, 4) is 0 Å². The van der Waals surface area contributed by atoms with E-state index < -0.39 is 11.3 Å². The molecule has 1 atom stereocenters. The Balaban J connectivity index is 1.81. The minimum absolute atomic E-state index is 0.144. The first kappa shape index (κ1) is 13.5. The van der Waals surface area contributed by atoms with Crippen molar-refractivity contribution in [3.63, 3.8) is 0 Å². The highest BCUT2D eigenvalue weighted by Crippen LogP contribution is 2.45. The van der Waals surface area contributed by atoms with Crippen LogP contribution in [0.4, 0.5) is 8.78 Å². The number of carbonyl (C=O) groups is 1. The Morgan fingerprint density at radius 3 is 2.85 bits per heavy atom. The van der Waals surface area contributed by atoms with E-state index in [9.17, 15) is 13.6 Å². The number of halogens is 2. The third kappa shape index (κ3) is 2.30. The number of H-pyrrole nitrogens is 1. The highest BCUT2D eigenvalue weighted by Gasteiger charge is 2.56. The van der Waals surface area contributed by atoms with Crippen LogP contribution in [0.3, 0.4) is 0 Å². The van der Waals surface area contributed by atoms with Gasteiger partial charge >= 0.3 is 0 Å². The van der Waals surface area contributed by atoms with Crippen LogP contribution >= 0.6 is 0 Å². The predicted octanol–water partition coefficient (Wildman–Crippen LogP) is 1.10. The number of amides is 1. The molecule has 2 aliphatic heterocycles. The Labute approximate surface area is 115 Å². The molecule has 110 valence electrons. The summed E-state index contributed by atoms with van der Waals surface area (Å²) in [4.78, 5) is 15.5. The zero-order chi connectivity index (χ0) is 14.4. The van der Waals surface area contributed by atoms with Crippen LogP contribution in [0.15, 0.2) is 12.4 Å². The number of alkyl halides is 2. The summed E-state index contributed by atoms with van der Waals surface area (Å²) in [5, 5.41) is 6.50. The Morgan fingerprint density at radius 1 is 1.45 bits per heavy atom. The Kier molecular flexibility index (Phi) is 3.04. The molecule has 0 bridgehead atoms. The fourth-order valence-electron chi connectivity index (χ4n) is 3.46. The van der Waals surface area contributed by atoms with Gasteiger partial charge in [-0.2, -0.15) is 5.10 Å². The van der Waals surface area contributed by atoms with Gasteiger partial charge in [-0.25, -0.2) is 8.78 Å². The monoisotopic (exact) mass is 284 g/mol. The summed E-state index contributed by atoms with van der Waals surface area (Å²) in [5.74, 6) is -2.96. The van der Waals surface area contributed by atoms with Crippen LogP contribution in [0.25, 0.3) is 0 Å². The third-order valence-corrected chi connectivity index (χ3v) is 4.27. The predicted molar refractivity (Wildman–Crippen MR) is 68.1 cm³/mol. The number of nitrogens with one attached hydrogen (secondary N) is 1. The van der Waals surface area contributed by atoms with Gasteiger partial charge in [0, 0.05) is 44.9 Å². The molecule has 1 amide bonds. The van der Waals surface area contributed by atoms with Gasteiger partial charge in [0.05, 0.1) is 18.2 Å². The molecule has 0 saturated carbocycles. The molecule has 0 unspecified atom stereocenters. The second-order valence-electron chi connectivity index (χ2n) is 6.04. The molecular weight excluding hydrogens is 266 g/mol. The number of piperidine rings is 1. The second-order valence-corrected chi connectivity index (χ2v) is 6.04. The summed E-state index contributed by atoms with van der Waals surface area (Å²) in [6.45, 7) is 1.06.